The van der Waals surface area contributed by atoms with Gasteiger partial charge in [-0.2, -0.15) is 0 Å². The number of aromatic nitrogens is 3. The molecule has 28 heavy (non-hydrogen) atoms. The Morgan fingerprint density at radius 2 is 1.89 bits per heavy atom. The number of anilines is 2. The van der Waals surface area contributed by atoms with Crippen LogP contribution in [0.25, 0.3) is 0 Å². The highest BCUT2D eigenvalue weighted by Crippen LogP contribution is 2.26. The Kier molecular flexibility index (Phi) is 6.16. The van der Waals surface area contributed by atoms with E-state index in [4.69, 9.17) is 4.52 Å². The Bertz CT molecular complexity index is 1010. The van der Waals surface area contributed by atoms with Crippen LogP contribution in [0.1, 0.15) is 33.5 Å². The molecule has 0 unspecified atom stereocenters. The van der Waals surface area contributed by atoms with Crippen LogP contribution < -0.4 is 10.6 Å². The zero-order valence-corrected chi connectivity index (χ0v) is 16.5. The molecule has 1 aromatic carbocycles. The molecule has 0 radical (unpaired) electrons. The van der Waals surface area contributed by atoms with Gasteiger partial charge in [0.2, 0.25) is 11.0 Å². The lowest BCUT2D eigenvalue weighted by Gasteiger charge is -2.04. The smallest absolute Gasteiger partial charge is 0.279 e. The van der Waals surface area contributed by atoms with Gasteiger partial charge in [0.15, 0.2) is 15.8 Å². The summed E-state index contributed by atoms with van der Waals surface area (Å²) in [5.74, 6) is -0.0536. The third-order valence-electron chi connectivity index (χ3n) is 3.39. The number of hydrogen-bond donors (Lipinski definition) is 2. The molecule has 0 aliphatic heterocycles. The van der Waals surface area contributed by atoms with E-state index in [0.717, 1.165) is 11.3 Å². The molecule has 144 valence electrons. The molecular formula is C17H15N5O4S2. The Hall–Kier alpha value is -3.05. The summed E-state index contributed by atoms with van der Waals surface area (Å²) in [6.45, 7) is 3.17. The standard InChI is InChI=1S/C17H15N5O4S2/c1-9-7-13(22-26-9)15(25)19-16-20-21-17(28-16)27-8-14(24)18-12-5-3-11(4-6-12)10(2)23/h3-7H,8H2,1-2H3,(H,18,24)(H,19,20,25). The Balaban J connectivity index is 1.49. The van der Waals surface area contributed by atoms with E-state index in [9.17, 15) is 14.4 Å². The maximum absolute atomic E-state index is 12.0. The minimum absolute atomic E-state index is 0.0358. The number of Topliss-reactive ketones (excluding diaryl/α,β-unsaturated/α-hetero) is 1. The second-order valence-electron chi connectivity index (χ2n) is 5.62. The minimum Gasteiger partial charge on any atom is -0.361 e. The number of benzene rings is 1. The molecule has 2 N–H and O–H groups in total. The van der Waals surface area contributed by atoms with Crippen LogP contribution in [0.3, 0.4) is 0 Å². The number of carbonyl (C=O) groups excluding carboxylic acids is 3. The number of aryl methyl sites for hydroxylation is 1. The van der Waals surface area contributed by atoms with Gasteiger partial charge in [0.25, 0.3) is 5.91 Å². The minimum atomic E-state index is -0.448. The predicted octanol–water partition coefficient (Wildman–Crippen LogP) is 3.02. The Labute approximate surface area is 167 Å². The SMILES string of the molecule is CC(=O)c1ccc(NC(=O)CSc2nnc(NC(=O)c3cc(C)on3)s2)cc1. The molecule has 2 aromatic heterocycles. The van der Waals surface area contributed by atoms with Crippen LogP contribution in [-0.4, -0.2) is 38.7 Å². The van der Waals surface area contributed by atoms with Crippen LogP contribution in [0, 0.1) is 6.92 Å². The molecule has 0 aliphatic carbocycles. The predicted molar refractivity (Wildman–Crippen MR) is 105 cm³/mol. The molecule has 3 aromatic rings. The molecule has 0 saturated carbocycles. The van der Waals surface area contributed by atoms with Crippen molar-refractivity contribution in [2.75, 3.05) is 16.4 Å². The van der Waals surface area contributed by atoms with Gasteiger partial charge in [-0.15, -0.1) is 10.2 Å². The van der Waals surface area contributed by atoms with Crippen molar-refractivity contribution in [1.82, 2.24) is 15.4 Å². The molecule has 2 amide bonds. The Morgan fingerprint density at radius 3 is 2.54 bits per heavy atom. The first-order chi connectivity index (χ1) is 13.4. The molecule has 0 aliphatic rings. The number of rotatable bonds is 7. The van der Waals surface area contributed by atoms with Gasteiger partial charge < -0.3 is 9.84 Å². The summed E-state index contributed by atoms with van der Waals surface area (Å²) < 4.78 is 5.39. The molecule has 0 saturated heterocycles. The van der Waals surface area contributed by atoms with Crippen LogP contribution >= 0.6 is 23.1 Å². The van der Waals surface area contributed by atoms with E-state index in [0.29, 0.717) is 26.5 Å². The number of ketones is 1. The van der Waals surface area contributed by atoms with E-state index >= 15 is 0 Å². The fourth-order valence-corrected chi connectivity index (χ4v) is 3.61. The van der Waals surface area contributed by atoms with E-state index in [1.165, 1.54) is 24.8 Å². The Morgan fingerprint density at radius 1 is 1.14 bits per heavy atom. The molecular weight excluding hydrogens is 402 g/mol. The lowest BCUT2D eigenvalue weighted by molar-refractivity contribution is -0.113. The van der Waals surface area contributed by atoms with Crippen LogP contribution in [0.2, 0.25) is 0 Å². The van der Waals surface area contributed by atoms with E-state index in [1.54, 1.807) is 31.2 Å². The lowest BCUT2D eigenvalue weighted by atomic mass is 10.1. The second kappa shape index (κ2) is 8.76. The van der Waals surface area contributed by atoms with Crippen molar-refractivity contribution < 1.29 is 18.9 Å². The monoisotopic (exact) mass is 417 g/mol. The van der Waals surface area contributed by atoms with Gasteiger partial charge in [-0.3, -0.25) is 19.7 Å². The first-order valence-electron chi connectivity index (χ1n) is 8.02. The number of nitrogens with zero attached hydrogens (tertiary/aromatic N) is 3. The average Bonchev–Trinajstić information content (AvgIpc) is 3.29. The second-order valence-corrected chi connectivity index (χ2v) is 7.82. The van der Waals surface area contributed by atoms with Crippen molar-refractivity contribution in [3.8, 4) is 0 Å². The number of amides is 2. The summed E-state index contributed by atoms with van der Waals surface area (Å²) in [6.07, 6.45) is 0. The molecule has 0 atom stereocenters. The number of nitrogens with one attached hydrogen (secondary N) is 2. The third-order valence-corrected chi connectivity index (χ3v) is 5.36. The summed E-state index contributed by atoms with van der Waals surface area (Å²) in [7, 11) is 0. The van der Waals surface area contributed by atoms with E-state index in [1.807, 2.05) is 0 Å². The topological polar surface area (TPSA) is 127 Å². The fourth-order valence-electron chi connectivity index (χ4n) is 2.07. The highest BCUT2D eigenvalue weighted by molar-refractivity contribution is 8.01. The maximum Gasteiger partial charge on any atom is 0.279 e. The average molecular weight is 417 g/mol. The fraction of sp³-hybridized carbons (Fsp3) is 0.176. The van der Waals surface area contributed by atoms with Gasteiger partial charge in [-0.05, 0) is 38.1 Å². The van der Waals surface area contributed by atoms with Crippen LogP contribution in [0.4, 0.5) is 10.8 Å². The zero-order chi connectivity index (χ0) is 20.1. The van der Waals surface area contributed by atoms with E-state index in [-0.39, 0.29) is 23.1 Å². The van der Waals surface area contributed by atoms with E-state index in [2.05, 4.69) is 26.0 Å². The van der Waals surface area contributed by atoms with Crippen LogP contribution in [-0.2, 0) is 4.79 Å². The van der Waals surface area contributed by atoms with Gasteiger partial charge in [-0.1, -0.05) is 28.3 Å². The number of thioether (sulfide) groups is 1. The summed E-state index contributed by atoms with van der Waals surface area (Å²) >= 11 is 2.35. The van der Waals surface area contributed by atoms with Gasteiger partial charge in [-0.25, -0.2) is 0 Å². The first-order valence-corrected chi connectivity index (χ1v) is 9.83. The first kappa shape index (κ1) is 19.7. The summed E-state index contributed by atoms with van der Waals surface area (Å²) in [5, 5.41) is 17.0. The quantitative estimate of drug-likeness (QED) is 0.341. The highest BCUT2D eigenvalue weighted by Gasteiger charge is 2.14. The summed E-state index contributed by atoms with van der Waals surface area (Å²) in [4.78, 5) is 35.3. The number of hydrogen-bond acceptors (Lipinski definition) is 9. The molecule has 9 nitrogen and oxygen atoms in total. The third kappa shape index (κ3) is 5.24. The van der Waals surface area contributed by atoms with Crippen LogP contribution in [0.5, 0.6) is 0 Å². The normalized spacial score (nSPS) is 10.5. The van der Waals surface area contributed by atoms with Gasteiger partial charge in [0.1, 0.15) is 5.76 Å². The number of carbonyl (C=O) groups is 3. The van der Waals surface area contributed by atoms with Gasteiger partial charge >= 0.3 is 0 Å². The molecule has 3 rings (SSSR count). The molecule has 0 fully saturated rings. The summed E-state index contributed by atoms with van der Waals surface area (Å²) in [5.41, 5.74) is 1.33. The van der Waals surface area contributed by atoms with Crippen LogP contribution in [0.15, 0.2) is 39.2 Å². The van der Waals surface area contributed by atoms with Crippen molar-refractivity contribution in [1.29, 1.82) is 0 Å². The van der Waals surface area contributed by atoms with Crippen molar-refractivity contribution in [3.63, 3.8) is 0 Å². The summed E-state index contributed by atoms with van der Waals surface area (Å²) in [6, 6.07) is 8.16. The zero-order valence-electron chi connectivity index (χ0n) is 14.9. The van der Waals surface area contributed by atoms with Gasteiger partial charge in [0.05, 0.1) is 5.75 Å². The largest absolute Gasteiger partial charge is 0.361 e. The van der Waals surface area contributed by atoms with Crippen molar-refractivity contribution in [2.45, 2.75) is 18.2 Å². The maximum atomic E-state index is 12.0. The molecule has 11 heteroatoms. The highest BCUT2D eigenvalue weighted by atomic mass is 32.2. The van der Waals surface area contributed by atoms with Crippen molar-refractivity contribution in [2.24, 2.45) is 0 Å². The molecule has 0 spiro atoms. The van der Waals surface area contributed by atoms with Gasteiger partial charge in [0, 0.05) is 17.3 Å². The van der Waals surface area contributed by atoms with E-state index < -0.39 is 5.91 Å². The lowest BCUT2D eigenvalue weighted by Crippen LogP contribution is -2.14. The van der Waals surface area contributed by atoms with Crippen molar-refractivity contribution in [3.05, 3.63) is 47.3 Å². The van der Waals surface area contributed by atoms with Crippen molar-refractivity contribution >= 4 is 51.5 Å². The molecule has 2 heterocycles. The molecule has 0 bridgehead atoms.